The molecule has 0 aliphatic rings. The molecule has 0 atom stereocenters. The topological polar surface area (TPSA) is 106 Å². The number of fused-ring (bicyclic) bond motifs is 1. The van der Waals surface area contributed by atoms with Crippen LogP contribution in [0.1, 0.15) is 12.7 Å². The molecule has 0 radical (unpaired) electrons. The van der Waals surface area contributed by atoms with Gasteiger partial charge in [-0.25, -0.2) is 9.89 Å². The molecule has 0 spiro atoms. The highest BCUT2D eigenvalue weighted by Crippen LogP contribution is 2.05. The standard InChI is InChI=1S/C10H12N8O/c1-2-17-6-12-13-9(17)5-11-7-3-4-8-14-15-10(19)18(8)16-7/h3-4,6H,2,5H2,1H3,(H,11,16)(H,15,19). The van der Waals surface area contributed by atoms with Crippen LogP contribution in [0.25, 0.3) is 5.65 Å². The molecule has 0 unspecified atom stereocenters. The van der Waals surface area contributed by atoms with Gasteiger partial charge >= 0.3 is 5.69 Å². The Labute approximate surface area is 107 Å². The van der Waals surface area contributed by atoms with Crippen LogP contribution in [0.15, 0.2) is 23.3 Å². The quantitative estimate of drug-likeness (QED) is 0.663. The summed E-state index contributed by atoms with van der Waals surface area (Å²) in [5.74, 6) is 1.38. The summed E-state index contributed by atoms with van der Waals surface area (Å²) in [5.41, 5.74) is 0.114. The molecule has 2 N–H and O–H groups in total. The maximum absolute atomic E-state index is 11.4. The molecule has 0 aliphatic carbocycles. The van der Waals surface area contributed by atoms with Crippen molar-refractivity contribution in [3.05, 3.63) is 34.8 Å². The predicted molar refractivity (Wildman–Crippen MR) is 66.6 cm³/mol. The molecule has 3 heterocycles. The van der Waals surface area contributed by atoms with E-state index >= 15 is 0 Å². The molecule has 3 aromatic heterocycles. The fraction of sp³-hybridized carbons (Fsp3) is 0.300. The first-order valence-electron chi connectivity index (χ1n) is 5.83. The molecule has 19 heavy (non-hydrogen) atoms. The van der Waals surface area contributed by atoms with Crippen LogP contribution in [-0.4, -0.2) is 34.6 Å². The Kier molecular flexibility index (Phi) is 2.71. The molecular weight excluding hydrogens is 248 g/mol. The van der Waals surface area contributed by atoms with Crippen molar-refractivity contribution in [1.82, 2.24) is 34.6 Å². The van der Waals surface area contributed by atoms with Crippen LogP contribution in [0.4, 0.5) is 5.82 Å². The number of nitrogens with zero attached hydrogens (tertiary/aromatic N) is 6. The monoisotopic (exact) mass is 260 g/mol. The summed E-state index contributed by atoms with van der Waals surface area (Å²) in [7, 11) is 0. The molecule has 3 rings (SSSR count). The fourth-order valence-electron chi connectivity index (χ4n) is 1.75. The van der Waals surface area contributed by atoms with Gasteiger partial charge in [0.15, 0.2) is 11.5 Å². The summed E-state index contributed by atoms with van der Waals surface area (Å²) in [6.07, 6.45) is 1.67. The van der Waals surface area contributed by atoms with Crippen LogP contribution in [0.5, 0.6) is 0 Å². The highest BCUT2D eigenvalue weighted by atomic mass is 16.2. The maximum Gasteiger partial charge on any atom is 0.364 e. The lowest BCUT2D eigenvalue weighted by molar-refractivity contribution is 0.706. The van der Waals surface area contributed by atoms with Gasteiger partial charge in [0.25, 0.3) is 0 Å². The summed E-state index contributed by atoms with van der Waals surface area (Å²) in [6.45, 7) is 3.30. The summed E-state index contributed by atoms with van der Waals surface area (Å²) in [6, 6.07) is 3.46. The van der Waals surface area contributed by atoms with Crippen molar-refractivity contribution < 1.29 is 0 Å². The van der Waals surface area contributed by atoms with Gasteiger partial charge in [-0.3, -0.25) is 0 Å². The zero-order chi connectivity index (χ0) is 13.2. The van der Waals surface area contributed by atoms with Gasteiger partial charge in [0.2, 0.25) is 0 Å². The van der Waals surface area contributed by atoms with Crippen molar-refractivity contribution in [2.24, 2.45) is 0 Å². The van der Waals surface area contributed by atoms with Crippen LogP contribution in [0.3, 0.4) is 0 Å². The number of aromatic nitrogens is 7. The smallest absolute Gasteiger partial charge is 0.361 e. The Bertz CT molecular complexity index is 754. The molecule has 0 bridgehead atoms. The summed E-state index contributed by atoms with van der Waals surface area (Å²) in [4.78, 5) is 11.4. The minimum Gasteiger partial charge on any atom is -0.361 e. The molecule has 0 aromatic carbocycles. The van der Waals surface area contributed by atoms with Crippen molar-refractivity contribution in [2.75, 3.05) is 5.32 Å². The fourth-order valence-corrected chi connectivity index (χ4v) is 1.75. The van der Waals surface area contributed by atoms with Gasteiger partial charge in [-0.2, -0.15) is 9.61 Å². The molecule has 98 valence electrons. The lowest BCUT2D eigenvalue weighted by Crippen LogP contribution is -2.14. The Hall–Kier alpha value is -2.71. The van der Waals surface area contributed by atoms with Crippen LogP contribution < -0.4 is 11.0 Å². The number of H-pyrrole nitrogens is 1. The van der Waals surface area contributed by atoms with Gasteiger partial charge in [0.1, 0.15) is 12.1 Å². The number of aromatic amines is 1. The third-order valence-electron chi connectivity index (χ3n) is 2.74. The molecule has 0 fully saturated rings. The van der Waals surface area contributed by atoms with Crippen LogP contribution >= 0.6 is 0 Å². The SMILES string of the molecule is CCn1cnnc1CNc1ccc2n[nH]c(=O)n2n1. The van der Waals surface area contributed by atoms with Gasteiger partial charge in [0.05, 0.1) is 6.54 Å². The third-order valence-corrected chi connectivity index (χ3v) is 2.74. The second kappa shape index (κ2) is 4.52. The Balaban J connectivity index is 1.82. The lowest BCUT2D eigenvalue weighted by atomic mass is 10.5. The number of hydrogen-bond acceptors (Lipinski definition) is 6. The van der Waals surface area contributed by atoms with Crippen LogP contribution in [0, 0.1) is 0 Å². The van der Waals surface area contributed by atoms with Crippen LogP contribution in [0.2, 0.25) is 0 Å². The van der Waals surface area contributed by atoms with Gasteiger partial charge in [-0.15, -0.1) is 15.3 Å². The van der Waals surface area contributed by atoms with E-state index < -0.39 is 0 Å². The predicted octanol–water partition coefficient (Wildman–Crippen LogP) is -0.359. The third kappa shape index (κ3) is 2.05. The minimum absolute atomic E-state index is 0.365. The highest BCUT2D eigenvalue weighted by Gasteiger charge is 2.05. The number of rotatable bonds is 4. The number of aryl methyl sites for hydroxylation is 1. The van der Waals surface area contributed by atoms with E-state index in [1.54, 1.807) is 18.5 Å². The van der Waals surface area contributed by atoms with E-state index in [9.17, 15) is 4.79 Å². The van der Waals surface area contributed by atoms with Crippen molar-refractivity contribution in [2.45, 2.75) is 20.0 Å². The number of anilines is 1. The first kappa shape index (κ1) is 11.4. The lowest BCUT2D eigenvalue weighted by Gasteiger charge is -2.05. The Morgan fingerprint density at radius 3 is 3.16 bits per heavy atom. The molecule has 0 aliphatic heterocycles. The van der Waals surface area contributed by atoms with E-state index in [0.717, 1.165) is 12.4 Å². The number of nitrogens with one attached hydrogen (secondary N) is 2. The molecule has 0 saturated heterocycles. The van der Waals surface area contributed by atoms with Gasteiger partial charge in [-0.05, 0) is 19.1 Å². The van der Waals surface area contributed by atoms with E-state index in [-0.39, 0.29) is 5.69 Å². The Morgan fingerprint density at radius 2 is 2.32 bits per heavy atom. The molecule has 9 heteroatoms. The first-order chi connectivity index (χ1) is 9.28. The van der Waals surface area contributed by atoms with Crippen LogP contribution in [-0.2, 0) is 13.1 Å². The van der Waals surface area contributed by atoms with E-state index in [4.69, 9.17) is 0 Å². The van der Waals surface area contributed by atoms with Gasteiger partial charge in [-0.1, -0.05) is 0 Å². The molecule has 0 amide bonds. The zero-order valence-electron chi connectivity index (χ0n) is 10.2. The maximum atomic E-state index is 11.4. The van der Waals surface area contributed by atoms with E-state index in [1.807, 2.05) is 11.5 Å². The van der Waals surface area contributed by atoms with Crippen molar-refractivity contribution in [1.29, 1.82) is 0 Å². The molecule has 0 saturated carbocycles. The molecule has 9 nitrogen and oxygen atoms in total. The summed E-state index contributed by atoms with van der Waals surface area (Å²) in [5, 5.41) is 21.2. The van der Waals surface area contributed by atoms with Crippen molar-refractivity contribution >= 4 is 11.5 Å². The van der Waals surface area contributed by atoms with Gasteiger partial charge in [0, 0.05) is 6.54 Å². The van der Waals surface area contributed by atoms with E-state index in [1.165, 1.54) is 4.52 Å². The van der Waals surface area contributed by atoms with Crippen molar-refractivity contribution in [3.63, 3.8) is 0 Å². The Morgan fingerprint density at radius 1 is 1.42 bits per heavy atom. The van der Waals surface area contributed by atoms with Crippen molar-refractivity contribution in [3.8, 4) is 0 Å². The highest BCUT2D eigenvalue weighted by molar-refractivity contribution is 5.42. The largest absolute Gasteiger partial charge is 0.364 e. The second-order valence-electron chi connectivity index (χ2n) is 3.90. The normalized spacial score (nSPS) is 11.0. The van der Waals surface area contributed by atoms with E-state index in [2.05, 4.69) is 30.8 Å². The molecule has 3 aromatic rings. The van der Waals surface area contributed by atoms with Gasteiger partial charge < -0.3 is 9.88 Å². The first-order valence-corrected chi connectivity index (χ1v) is 5.83. The van der Waals surface area contributed by atoms with E-state index in [0.29, 0.717) is 18.0 Å². The number of hydrogen-bond donors (Lipinski definition) is 2. The second-order valence-corrected chi connectivity index (χ2v) is 3.90. The molecular formula is C10H12N8O. The average Bonchev–Trinajstić information content (AvgIpc) is 3.03. The summed E-state index contributed by atoms with van der Waals surface area (Å²) < 4.78 is 3.13. The summed E-state index contributed by atoms with van der Waals surface area (Å²) >= 11 is 0. The average molecular weight is 260 g/mol. The minimum atomic E-state index is -0.365. The zero-order valence-corrected chi connectivity index (χ0v) is 10.2.